The van der Waals surface area contributed by atoms with Gasteiger partial charge in [-0.05, 0) is 37.5 Å². The van der Waals surface area contributed by atoms with Gasteiger partial charge < -0.3 is 15.1 Å². The first-order valence-corrected chi connectivity index (χ1v) is 13.4. The normalized spacial score (nSPS) is 26.9. The van der Waals surface area contributed by atoms with Gasteiger partial charge in [-0.3, -0.25) is 9.59 Å². The molecule has 0 spiro atoms. The van der Waals surface area contributed by atoms with Gasteiger partial charge in [-0.1, -0.05) is 36.4 Å². The molecule has 0 bridgehead atoms. The van der Waals surface area contributed by atoms with Gasteiger partial charge in [-0.2, -0.15) is 4.31 Å². The summed E-state index contributed by atoms with van der Waals surface area (Å²) in [4.78, 5) is 27.8. The lowest BCUT2D eigenvalue weighted by molar-refractivity contribution is -0.145. The Morgan fingerprint density at radius 1 is 1.06 bits per heavy atom. The summed E-state index contributed by atoms with van der Waals surface area (Å²) in [6.07, 6.45) is 1.24. The second kappa shape index (κ2) is 9.23. The molecule has 0 aromatic heterocycles. The number of hydrogen-bond donors (Lipinski definition) is 1. The number of carbonyl (C=O) groups is 2. The number of piperazine rings is 2. The highest BCUT2D eigenvalue weighted by Gasteiger charge is 2.41. The highest BCUT2D eigenvalue weighted by molar-refractivity contribution is 7.89. The molecule has 3 fully saturated rings. The summed E-state index contributed by atoms with van der Waals surface area (Å²) in [6.45, 7) is 3.01. The number of amides is 2. The average molecular weight is 501 g/mol. The van der Waals surface area contributed by atoms with Gasteiger partial charge in [-0.25, -0.2) is 12.8 Å². The van der Waals surface area contributed by atoms with Crippen LogP contribution in [-0.4, -0.2) is 67.7 Å². The number of halogens is 1. The molecule has 2 aromatic rings. The minimum absolute atomic E-state index is 0.0155. The average Bonchev–Trinajstić information content (AvgIpc) is 2.85. The maximum atomic E-state index is 15.2. The van der Waals surface area contributed by atoms with Gasteiger partial charge in [0.15, 0.2) is 0 Å². The Balaban J connectivity index is 1.34. The molecule has 10 heteroatoms. The van der Waals surface area contributed by atoms with E-state index in [4.69, 9.17) is 0 Å². The highest BCUT2D eigenvalue weighted by Crippen LogP contribution is 2.38. The van der Waals surface area contributed by atoms with Crippen LogP contribution in [0.5, 0.6) is 0 Å². The highest BCUT2D eigenvalue weighted by atomic mass is 32.2. The van der Waals surface area contributed by atoms with Gasteiger partial charge in [0.25, 0.3) is 0 Å². The van der Waals surface area contributed by atoms with Crippen LogP contribution in [0, 0.1) is 5.82 Å². The van der Waals surface area contributed by atoms with E-state index in [-0.39, 0.29) is 37.5 Å². The fourth-order valence-corrected chi connectivity index (χ4v) is 7.49. The third kappa shape index (κ3) is 4.40. The molecule has 8 nitrogen and oxygen atoms in total. The molecule has 2 amide bonds. The molecule has 3 atom stereocenters. The number of fused-ring (bicyclic) bond motifs is 1. The van der Waals surface area contributed by atoms with E-state index >= 15 is 4.39 Å². The van der Waals surface area contributed by atoms with Gasteiger partial charge in [0, 0.05) is 43.5 Å². The van der Waals surface area contributed by atoms with Crippen LogP contribution in [0.1, 0.15) is 36.1 Å². The summed E-state index contributed by atoms with van der Waals surface area (Å²) in [6, 6.07) is 13.1. The monoisotopic (exact) mass is 500 g/mol. The van der Waals surface area contributed by atoms with Gasteiger partial charge in [0.05, 0.1) is 6.54 Å². The van der Waals surface area contributed by atoms with Crippen molar-refractivity contribution < 1.29 is 22.4 Å². The molecule has 3 heterocycles. The van der Waals surface area contributed by atoms with Crippen LogP contribution in [0.15, 0.2) is 48.5 Å². The fourth-order valence-electron chi connectivity index (χ4n) is 5.30. The van der Waals surface area contributed by atoms with E-state index in [0.717, 1.165) is 5.56 Å². The van der Waals surface area contributed by atoms with Gasteiger partial charge in [-0.15, -0.1) is 0 Å². The van der Waals surface area contributed by atoms with Crippen LogP contribution < -0.4 is 10.2 Å². The zero-order valence-electron chi connectivity index (χ0n) is 19.6. The summed E-state index contributed by atoms with van der Waals surface area (Å²) in [5.41, 5.74) is 1.67. The van der Waals surface area contributed by atoms with Crippen molar-refractivity contribution in [3.05, 3.63) is 65.5 Å². The zero-order chi connectivity index (χ0) is 24.7. The SMILES string of the molecule is CC1CCC(c2ccccc2)S(=O)(=O)N1Cc1ccc(N2CCN3C(=O)CNC(=O)C3C2)cc1F. The van der Waals surface area contributed by atoms with E-state index < -0.39 is 27.1 Å². The predicted octanol–water partition coefficient (Wildman–Crippen LogP) is 2.03. The molecule has 3 aliphatic heterocycles. The number of nitrogens with one attached hydrogen (secondary N) is 1. The summed E-state index contributed by atoms with van der Waals surface area (Å²) >= 11 is 0. The first-order chi connectivity index (χ1) is 16.8. The van der Waals surface area contributed by atoms with E-state index in [1.807, 2.05) is 42.2 Å². The molecule has 35 heavy (non-hydrogen) atoms. The summed E-state index contributed by atoms with van der Waals surface area (Å²) in [7, 11) is -3.66. The smallest absolute Gasteiger partial charge is 0.245 e. The molecule has 1 N–H and O–H groups in total. The Labute approximate surface area is 204 Å². The molecule has 0 saturated carbocycles. The lowest BCUT2D eigenvalue weighted by Crippen LogP contribution is -2.66. The Hall–Kier alpha value is -2.98. The van der Waals surface area contributed by atoms with Gasteiger partial charge in [0.1, 0.15) is 17.1 Å². The molecule has 3 aliphatic rings. The minimum Gasteiger partial charge on any atom is -0.367 e. The van der Waals surface area contributed by atoms with Crippen LogP contribution in [0.4, 0.5) is 10.1 Å². The third-order valence-electron chi connectivity index (χ3n) is 7.34. The Bertz CT molecular complexity index is 1240. The van der Waals surface area contributed by atoms with Crippen molar-refractivity contribution in [1.82, 2.24) is 14.5 Å². The van der Waals surface area contributed by atoms with Crippen molar-refractivity contribution in [2.24, 2.45) is 0 Å². The molecule has 0 radical (unpaired) electrons. The molecule has 3 unspecified atom stereocenters. The van der Waals surface area contributed by atoms with Crippen LogP contribution in [0.3, 0.4) is 0 Å². The molecule has 5 rings (SSSR count). The van der Waals surface area contributed by atoms with Crippen LogP contribution in [0.25, 0.3) is 0 Å². The summed E-state index contributed by atoms with van der Waals surface area (Å²) < 4.78 is 43.6. The van der Waals surface area contributed by atoms with E-state index in [2.05, 4.69) is 5.32 Å². The minimum atomic E-state index is -3.66. The van der Waals surface area contributed by atoms with Gasteiger partial charge in [0.2, 0.25) is 21.8 Å². The molecular weight excluding hydrogens is 471 g/mol. The zero-order valence-corrected chi connectivity index (χ0v) is 20.4. The molecule has 2 aromatic carbocycles. The van der Waals surface area contributed by atoms with Crippen LogP contribution >= 0.6 is 0 Å². The van der Waals surface area contributed by atoms with E-state index in [9.17, 15) is 18.0 Å². The van der Waals surface area contributed by atoms with E-state index in [1.54, 1.807) is 17.0 Å². The number of nitrogens with zero attached hydrogens (tertiary/aromatic N) is 3. The number of anilines is 1. The van der Waals surface area contributed by atoms with E-state index in [1.165, 1.54) is 10.4 Å². The Morgan fingerprint density at radius 3 is 2.57 bits per heavy atom. The molecule has 186 valence electrons. The van der Waals surface area contributed by atoms with Gasteiger partial charge >= 0.3 is 0 Å². The maximum absolute atomic E-state index is 15.2. The first kappa shape index (κ1) is 23.7. The van der Waals surface area contributed by atoms with Crippen molar-refractivity contribution in [2.75, 3.05) is 31.1 Å². The van der Waals surface area contributed by atoms with Crippen molar-refractivity contribution in [3.8, 4) is 0 Å². The van der Waals surface area contributed by atoms with Crippen LogP contribution in [-0.2, 0) is 26.2 Å². The number of rotatable bonds is 4. The Kier molecular flexibility index (Phi) is 6.27. The van der Waals surface area contributed by atoms with Crippen molar-refractivity contribution in [3.63, 3.8) is 0 Å². The molecule has 3 saturated heterocycles. The maximum Gasteiger partial charge on any atom is 0.245 e. The summed E-state index contributed by atoms with van der Waals surface area (Å²) in [5.74, 6) is -0.802. The summed E-state index contributed by atoms with van der Waals surface area (Å²) in [5, 5.41) is 1.97. The third-order valence-corrected chi connectivity index (χ3v) is 9.71. The predicted molar refractivity (Wildman–Crippen MR) is 129 cm³/mol. The second-order valence-corrected chi connectivity index (χ2v) is 11.5. The number of carbonyl (C=O) groups excluding carboxylic acids is 2. The quantitative estimate of drug-likeness (QED) is 0.694. The molecule has 0 aliphatic carbocycles. The number of benzene rings is 2. The van der Waals surface area contributed by atoms with E-state index in [0.29, 0.717) is 37.2 Å². The number of hydrogen-bond acceptors (Lipinski definition) is 5. The van der Waals surface area contributed by atoms with Crippen molar-refractivity contribution in [2.45, 2.75) is 43.6 Å². The van der Waals surface area contributed by atoms with Crippen molar-refractivity contribution >= 4 is 27.5 Å². The lowest BCUT2D eigenvalue weighted by Gasteiger charge is -2.43. The standard InChI is InChI=1S/C25H29FN4O4S/c1-17-7-10-23(18-5-3-2-4-6-18)35(33,34)30(17)15-19-8-9-20(13-21(19)26)28-11-12-29-22(16-28)25(32)27-14-24(29)31/h2-6,8-9,13,17,22-23H,7,10-12,14-16H2,1H3,(H,27,32). The molecular formula is C25H29FN4O4S. The number of sulfonamides is 1. The lowest BCUT2D eigenvalue weighted by atomic mass is 10.0. The fraction of sp³-hybridized carbons (Fsp3) is 0.440. The second-order valence-electron chi connectivity index (χ2n) is 9.46. The first-order valence-electron chi connectivity index (χ1n) is 11.9. The largest absolute Gasteiger partial charge is 0.367 e. The van der Waals surface area contributed by atoms with Crippen molar-refractivity contribution in [1.29, 1.82) is 0 Å². The Morgan fingerprint density at radius 2 is 1.83 bits per heavy atom. The topological polar surface area (TPSA) is 90.0 Å². The van der Waals surface area contributed by atoms with Crippen LogP contribution in [0.2, 0.25) is 0 Å².